The minimum atomic E-state index is -4.86. The van der Waals surface area contributed by atoms with Crippen LogP contribution in [0.5, 0.6) is 5.75 Å². The number of alkyl halides is 3. The number of halogens is 5. The number of anilines is 1. The minimum Gasteiger partial charge on any atom is -0.404 e. The summed E-state index contributed by atoms with van der Waals surface area (Å²) >= 11 is 5.87. The first kappa shape index (κ1) is 25.5. The lowest BCUT2D eigenvalue weighted by atomic mass is 10.2. The minimum absolute atomic E-state index is 0.120. The van der Waals surface area contributed by atoms with E-state index in [0.29, 0.717) is 6.54 Å². The van der Waals surface area contributed by atoms with Gasteiger partial charge in [-0.2, -0.15) is 5.10 Å². The summed E-state index contributed by atoms with van der Waals surface area (Å²) in [5.41, 5.74) is 2.17. The highest BCUT2D eigenvalue weighted by Crippen LogP contribution is 2.32. The first-order valence-electron chi connectivity index (χ1n) is 12.1. The Morgan fingerprint density at radius 2 is 1.86 bits per heavy atom. The third kappa shape index (κ3) is 6.42. The summed E-state index contributed by atoms with van der Waals surface area (Å²) in [5.74, 6) is -0.251. The molecule has 2 aromatic heterocycles. The summed E-state index contributed by atoms with van der Waals surface area (Å²) in [6.45, 7) is 6.28. The van der Waals surface area contributed by atoms with Gasteiger partial charge in [-0.05, 0) is 67.3 Å². The first-order valence-corrected chi connectivity index (χ1v) is 12.4. The number of nitrogens with zero attached hydrogens (tertiary/aromatic N) is 5. The van der Waals surface area contributed by atoms with E-state index in [1.807, 2.05) is 19.1 Å². The number of hydrogen-bond acceptors (Lipinski definition) is 5. The number of aromatic nitrogens is 3. The van der Waals surface area contributed by atoms with Gasteiger partial charge < -0.3 is 9.64 Å². The van der Waals surface area contributed by atoms with Crippen LogP contribution in [0.3, 0.4) is 0 Å². The number of benzene rings is 1. The van der Waals surface area contributed by atoms with E-state index in [1.54, 1.807) is 16.9 Å². The second kappa shape index (κ2) is 10.3. The van der Waals surface area contributed by atoms with E-state index in [-0.39, 0.29) is 16.3 Å². The molecule has 1 aromatic carbocycles. The van der Waals surface area contributed by atoms with Crippen LogP contribution >= 0.6 is 11.6 Å². The predicted molar refractivity (Wildman–Crippen MR) is 134 cm³/mol. The topological polar surface area (TPSA) is 46.4 Å². The normalized spacial score (nSPS) is 17.4. The number of rotatable bonds is 7. The van der Waals surface area contributed by atoms with Crippen LogP contribution in [0.1, 0.15) is 35.4 Å². The van der Waals surface area contributed by atoms with Crippen molar-refractivity contribution in [2.24, 2.45) is 0 Å². The Hall–Kier alpha value is -3.11. The number of ether oxygens (including phenoxy) is 1. The SMILES string of the molecule is Cc1cc(C(F)=Cc2ccc(OC(F)(F)F)c(Cl)c2)nn1Cc1ccnc(N2CCN(C3CC3)CC2)c1. The van der Waals surface area contributed by atoms with Crippen molar-refractivity contribution in [3.8, 4) is 5.75 Å². The zero-order valence-electron chi connectivity index (χ0n) is 20.2. The maximum Gasteiger partial charge on any atom is 0.573 e. The van der Waals surface area contributed by atoms with Gasteiger partial charge in [-0.15, -0.1) is 13.2 Å². The van der Waals surface area contributed by atoms with Crippen molar-refractivity contribution in [1.29, 1.82) is 0 Å². The Bertz CT molecular complexity index is 1300. The van der Waals surface area contributed by atoms with Crippen molar-refractivity contribution in [3.63, 3.8) is 0 Å². The lowest BCUT2D eigenvalue weighted by Gasteiger charge is -2.35. The quantitative estimate of drug-likeness (QED) is 0.350. The molecule has 1 aliphatic carbocycles. The molecule has 0 unspecified atom stereocenters. The van der Waals surface area contributed by atoms with E-state index in [1.165, 1.54) is 31.1 Å². The fourth-order valence-corrected chi connectivity index (χ4v) is 4.71. The van der Waals surface area contributed by atoms with E-state index in [2.05, 4.69) is 24.6 Å². The molecule has 1 aliphatic heterocycles. The van der Waals surface area contributed by atoms with Crippen LogP contribution in [0, 0.1) is 6.92 Å². The number of piperazine rings is 1. The molecular weight excluding hydrogens is 510 g/mol. The Morgan fingerprint density at radius 3 is 2.54 bits per heavy atom. The Morgan fingerprint density at radius 1 is 1.11 bits per heavy atom. The van der Waals surface area contributed by atoms with Crippen molar-refractivity contribution in [2.45, 2.75) is 38.7 Å². The van der Waals surface area contributed by atoms with E-state index < -0.39 is 17.9 Å². The third-order valence-corrected chi connectivity index (χ3v) is 6.84. The van der Waals surface area contributed by atoms with E-state index in [4.69, 9.17) is 11.6 Å². The zero-order chi connectivity index (χ0) is 26.2. The molecule has 5 rings (SSSR count). The van der Waals surface area contributed by atoms with Gasteiger partial charge in [-0.1, -0.05) is 17.7 Å². The van der Waals surface area contributed by atoms with Crippen LogP contribution in [0.2, 0.25) is 5.02 Å². The highest BCUT2D eigenvalue weighted by atomic mass is 35.5. The van der Waals surface area contributed by atoms with Crippen molar-refractivity contribution < 1.29 is 22.3 Å². The number of pyridine rings is 1. The van der Waals surface area contributed by atoms with Crippen LogP contribution in [-0.2, 0) is 6.54 Å². The molecule has 0 atom stereocenters. The number of hydrogen-bond donors (Lipinski definition) is 0. The molecule has 0 spiro atoms. The molecule has 2 aliphatic rings. The lowest BCUT2D eigenvalue weighted by molar-refractivity contribution is -0.274. The zero-order valence-corrected chi connectivity index (χ0v) is 20.9. The summed E-state index contributed by atoms with van der Waals surface area (Å²) in [5, 5.41) is 4.12. The maximum atomic E-state index is 15.0. The molecular formula is C26H26ClF4N5O. The summed E-state index contributed by atoms with van der Waals surface area (Å²) in [7, 11) is 0. The van der Waals surface area contributed by atoms with Crippen LogP contribution < -0.4 is 9.64 Å². The van der Waals surface area contributed by atoms with Gasteiger partial charge in [0.15, 0.2) is 5.83 Å². The standard InChI is InChI=1S/C26H26ClF4N5O/c1-17-12-23(22(28)14-18-2-5-24(21(27)13-18)37-26(29,30)31)33-36(17)16-19-6-7-32-25(15-19)35-10-8-34(9-11-35)20-3-4-20/h2,5-7,12-15,20H,3-4,8-11,16H2,1H3. The first-order chi connectivity index (χ1) is 17.6. The molecule has 1 saturated carbocycles. The summed E-state index contributed by atoms with van der Waals surface area (Å²) in [6, 6.07) is 9.90. The van der Waals surface area contributed by atoms with Gasteiger partial charge in [0.25, 0.3) is 0 Å². The van der Waals surface area contributed by atoms with Crippen LogP contribution in [0.25, 0.3) is 11.9 Å². The predicted octanol–water partition coefficient (Wildman–Crippen LogP) is 5.94. The highest BCUT2D eigenvalue weighted by molar-refractivity contribution is 6.32. The molecule has 1 saturated heterocycles. The average Bonchev–Trinajstić information content (AvgIpc) is 3.64. The molecule has 3 aromatic rings. The summed E-state index contributed by atoms with van der Waals surface area (Å²) in [6.07, 6.45) is 0.712. The largest absolute Gasteiger partial charge is 0.573 e. The van der Waals surface area contributed by atoms with Gasteiger partial charge in [0.05, 0.1) is 11.6 Å². The van der Waals surface area contributed by atoms with Crippen molar-refractivity contribution in [2.75, 3.05) is 31.1 Å². The molecule has 0 radical (unpaired) electrons. The Balaban J connectivity index is 1.26. The van der Waals surface area contributed by atoms with Gasteiger partial charge >= 0.3 is 6.36 Å². The molecule has 196 valence electrons. The van der Waals surface area contributed by atoms with Gasteiger partial charge in [0, 0.05) is 44.1 Å². The van der Waals surface area contributed by atoms with Crippen LogP contribution in [0.4, 0.5) is 23.4 Å². The van der Waals surface area contributed by atoms with Gasteiger partial charge in [0.1, 0.15) is 17.3 Å². The molecule has 0 bridgehead atoms. The molecule has 0 amide bonds. The van der Waals surface area contributed by atoms with E-state index >= 15 is 0 Å². The second-order valence-corrected chi connectivity index (χ2v) is 9.74. The summed E-state index contributed by atoms with van der Waals surface area (Å²) in [4.78, 5) is 9.40. The Labute approximate surface area is 217 Å². The number of aryl methyl sites for hydroxylation is 1. The maximum absolute atomic E-state index is 15.0. The molecule has 0 N–H and O–H groups in total. The monoisotopic (exact) mass is 535 g/mol. The average molecular weight is 536 g/mol. The van der Waals surface area contributed by atoms with Crippen molar-refractivity contribution in [3.05, 3.63) is 70.1 Å². The second-order valence-electron chi connectivity index (χ2n) is 9.34. The van der Waals surface area contributed by atoms with Gasteiger partial charge in [0.2, 0.25) is 0 Å². The fraction of sp³-hybridized carbons (Fsp3) is 0.385. The molecule has 6 nitrogen and oxygen atoms in total. The summed E-state index contributed by atoms with van der Waals surface area (Å²) < 4.78 is 57.8. The van der Waals surface area contributed by atoms with Crippen molar-refractivity contribution >= 4 is 29.3 Å². The molecule has 37 heavy (non-hydrogen) atoms. The van der Waals surface area contributed by atoms with E-state index in [9.17, 15) is 17.6 Å². The highest BCUT2D eigenvalue weighted by Gasteiger charge is 2.32. The van der Waals surface area contributed by atoms with Crippen molar-refractivity contribution in [1.82, 2.24) is 19.7 Å². The molecule has 3 heterocycles. The lowest BCUT2D eigenvalue weighted by Crippen LogP contribution is -2.47. The fourth-order valence-electron chi connectivity index (χ4n) is 4.48. The van der Waals surface area contributed by atoms with Gasteiger partial charge in [-0.3, -0.25) is 9.58 Å². The Kier molecular flexibility index (Phi) is 7.13. The van der Waals surface area contributed by atoms with E-state index in [0.717, 1.165) is 55.4 Å². The molecule has 11 heteroatoms. The molecule has 2 fully saturated rings. The van der Waals surface area contributed by atoms with Gasteiger partial charge in [-0.25, -0.2) is 9.37 Å². The third-order valence-electron chi connectivity index (χ3n) is 6.54. The van der Waals surface area contributed by atoms with Crippen LogP contribution in [0.15, 0.2) is 42.6 Å². The smallest absolute Gasteiger partial charge is 0.404 e. The van der Waals surface area contributed by atoms with Crippen LogP contribution in [-0.4, -0.2) is 58.2 Å².